The highest BCUT2D eigenvalue weighted by atomic mass is 16.2. The Kier molecular flexibility index (Phi) is 5.47. The molecule has 2 aromatic heterocycles. The maximum atomic E-state index is 13.4. The van der Waals surface area contributed by atoms with E-state index in [1.807, 2.05) is 49.2 Å². The summed E-state index contributed by atoms with van der Waals surface area (Å²) in [5, 5.41) is 5.15. The van der Waals surface area contributed by atoms with Crippen LogP contribution in [0.4, 0.5) is 4.79 Å². The van der Waals surface area contributed by atoms with Crippen molar-refractivity contribution < 1.29 is 14.4 Å². The molecular weight excluding hydrogens is 466 g/mol. The predicted octanol–water partition coefficient (Wildman–Crippen LogP) is 4.09. The van der Waals surface area contributed by atoms with Crippen LogP contribution >= 0.6 is 0 Å². The second-order valence-electron chi connectivity index (χ2n) is 10.3. The highest BCUT2D eigenvalue weighted by Crippen LogP contribution is 2.35. The first-order valence-corrected chi connectivity index (χ1v) is 12.7. The molecule has 8 heteroatoms. The summed E-state index contributed by atoms with van der Waals surface area (Å²) in [6, 6.07) is 17.3. The predicted molar refractivity (Wildman–Crippen MR) is 141 cm³/mol. The Hall–Kier alpha value is -4.20. The molecule has 8 nitrogen and oxygen atoms in total. The van der Waals surface area contributed by atoms with E-state index in [1.54, 1.807) is 24.5 Å². The number of pyridine rings is 1. The van der Waals surface area contributed by atoms with Crippen molar-refractivity contribution in [2.45, 2.75) is 31.8 Å². The molecule has 1 atom stereocenters. The Balaban J connectivity index is 1.16. The maximum Gasteiger partial charge on any atom is 0.325 e. The molecule has 0 aliphatic carbocycles. The van der Waals surface area contributed by atoms with Gasteiger partial charge in [-0.15, -0.1) is 0 Å². The van der Waals surface area contributed by atoms with Gasteiger partial charge in [0.1, 0.15) is 5.54 Å². The number of likely N-dealkylation sites (tertiary alicyclic amines) is 1. The number of para-hydroxylation sites is 1. The topological polar surface area (TPSA) is 87.5 Å². The third-order valence-electron chi connectivity index (χ3n) is 8.15. The Morgan fingerprint density at radius 2 is 1.70 bits per heavy atom. The molecule has 4 amide bonds. The zero-order valence-corrected chi connectivity index (χ0v) is 21.0. The van der Waals surface area contributed by atoms with Gasteiger partial charge in [0.2, 0.25) is 0 Å². The molecule has 188 valence electrons. The fourth-order valence-electron chi connectivity index (χ4n) is 5.95. The zero-order valence-electron chi connectivity index (χ0n) is 21.0. The minimum Gasteiger partial charge on any atom is -0.344 e. The van der Waals surface area contributed by atoms with Crippen LogP contribution in [0.15, 0.2) is 67.0 Å². The van der Waals surface area contributed by atoms with Crippen LogP contribution < -0.4 is 5.32 Å². The van der Waals surface area contributed by atoms with E-state index in [9.17, 15) is 14.4 Å². The second kappa shape index (κ2) is 8.73. The highest BCUT2D eigenvalue weighted by Gasteiger charge is 2.52. The quantitative estimate of drug-likeness (QED) is 0.432. The van der Waals surface area contributed by atoms with Crippen molar-refractivity contribution in [3.8, 4) is 0 Å². The van der Waals surface area contributed by atoms with Crippen LogP contribution in [-0.2, 0) is 18.4 Å². The van der Waals surface area contributed by atoms with Gasteiger partial charge in [0.15, 0.2) is 0 Å². The van der Waals surface area contributed by atoms with E-state index >= 15 is 0 Å². The first-order chi connectivity index (χ1) is 17.9. The average molecular weight is 496 g/mol. The van der Waals surface area contributed by atoms with Gasteiger partial charge >= 0.3 is 6.03 Å². The molecule has 4 aromatic rings. The van der Waals surface area contributed by atoms with Gasteiger partial charge in [-0.3, -0.25) is 19.5 Å². The summed E-state index contributed by atoms with van der Waals surface area (Å²) >= 11 is 0. The molecule has 0 spiro atoms. The molecule has 4 heterocycles. The standard InChI is InChI=1S/C29H29N5O3/c1-29(27(36)34(28(37)31-29)18-19-9-13-30-14-10-19)21-11-15-33(16-12-21)26(35)20-7-8-25-23(17-20)22-5-3-4-6-24(22)32(25)2/h3-10,13-14,17,21H,11-12,15-16,18H2,1-2H3,(H,31,37)/t29-/m1/s1. The van der Waals surface area contributed by atoms with Crippen molar-refractivity contribution in [1.82, 2.24) is 24.7 Å². The Morgan fingerprint density at radius 3 is 2.46 bits per heavy atom. The number of benzene rings is 2. The maximum absolute atomic E-state index is 13.4. The van der Waals surface area contributed by atoms with Gasteiger partial charge < -0.3 is 14.8 Å². The number of nitrogens with zero attached hydrogens (tertiary/aromatic N) is 4. The van der Waals surface area contributed by atoms with E-state index in [0.29, 0.717) is 31.5 Å². The molecule has 6 rings (SSSR count). The largest absolute Gasteiger partial charge is 0.344 e. The lowest BCUT2D eigenvalue weighted by atomic mass is 9.78. The number of piperidine rings is 1. The van der Waals surface area contributed by atoms with Crippen molar-refractivity contribution in [2.24, 2.45) is 13.0 Å². The molecular formula is C29H29N5O3. The Bertz CT molecular complexity index is 1540. The van der Waals surface area contributed by atoms with Crippen LogP contribution in [0.1, 0.15) is 35.7 Å². The number of aromatic nitrogens is 2. The molecule has 2 saturated heterocycles. The minimum absolute atomic E-state index is 0.000431. The number of amides is 4. The minimum atomic E-state index is -0.971. The van der Waals surface area contributed by atoms with Crippen molar-refractivity contribution in [1.29, 1.82) is 0 Å². The van der Waals surface area contributed by atoms with E-state index in [-0.39, 0.29) is 30.3 Å². The van der Waals surface area contributed by atoms with Gasteiger partial charge in [-0.25, -0.2) is 4.79 Å². The average Bonchev–Trinajstić information content (AvgIpc) is 3.34. The lowest BCUT2D eigenvalue weighted by Gasteiger charge is -2.39. The summed E-state index contributed by atoms with van der Waals surface area (Å²) in [7, 11) is 2.04. The molecule has 0 saturated carbocycles. The van der Waals surface area contributed by atoms with Crippen LogP contribution in [0, 0.1) is 5.92 Å². The number of carbonyl (C=O) groups excluding carboxylic acids is 3. The lowest BCUT2D eigenvalue weighted by molar-refractivity contribution is -0.133. The van der Waals surface area contributed by atoms with Crippen molar-refractivity contribution >= 4 is 39.7 Å². The number of urea groups is 1. The van der Waals surface area contributed by atoms with E-state index in [0.717, 1.165) is 27.4 Å². The normalized spacial score (nSPS) is 20.7. The molecule has 2 aliphatic rings. The second-order valence-corrected chi connectivity index (χ2v) is 10.3. The van der Waals surface area contributed by atoms with Crippen LogP contribution in [0.2, 0.25) is 0 Å². The number of rotatable bonds is 4. The number of fused-ring (bicyclic) bond motifs is 3. The molecule has 0 bridgehead atoms. The molecule has 2 aromatic carbocycles. The van der Waals surface area contributed by atoms with Crippen molar-refractivity contribution in [2.75, 3.05) is 13.1 Å². The zero-order chi connectivity index (χ0) is 25.7. The first-order valence-electron chi connectivity index (χ1n) is 12.7. The van der Waals surface area contributed by atoms with Gasteiger partial charge in [-0.1, -0.05) is 18.2 Å². The SMILES string of the molecule is Cn1c2ccccc2c2cc(C(=O)N3CCC([C@@]4(C)NC(=O)N(Cc5ccncc5)C4=O)CC3)ccc21. The summed E-state index contributed by atoms with van der Waals surface area (Å²) in [6.45, 7) is 3.12. The van der Waals surface area contributed by atoms with E-state index in [4.69, 9.17) is 0 Å². The van der Waals surface area contributed by atoms with E-state index in [2.05, 4.69) is 27.0 Å². The van der Waals surface area contributed by atoms with Gasteiger partial charge in [0.25, 0.3) is 11.8 Å². The molecule has 0 radical (unpaired) electrons. The monoisotopic (exact) mass is 495 g/mol. The summed E-state index contributed by atoms with van der Waals surface area (Å²) in [5.74, 6) is -0.254. The fourth-order valence-corrected chi connectivity index (χ4v) is 5.95. The first kappa shape index (κ1) is 23.2. The van der Waals surface area contributed by atoms with Gasteiger partial charge in [0.05, 0.1) is 6.54 Å². The molecule has 37 heavy (non-hydrogen) atoms. The molecule has 0 unspecified atom stereocenters. The number of carbonyl (C=O) groups is 3. The number of hydrogen-bond acceptors (Lipinski definition) is 4. The third-order valence-corrected chi connectivity index (χ3v) is 8.15. The smallest absolute Gasteiger partial charge is 0.325 e. The van der Waals surface area contributed by atoms with E-state index in [1.165, 1.54) is 4.90 Å². The highest BCUT2D eigenvalue weighted by molar-refractivity contribution is 6.10. The molecule has 1 N–H and O–H groups in total. The molecule has 2 aliphatic heterocycles. The number of imide groups is 1. The van der Waals surface area contributed by atoms with Crippen LogP contribution in [-0.4, -0.2) is 55.8 Å². The number of aryl methyl sites for hydroxylation is 1. The van der Waals surface area contributed by atoms with Crippen molar-refractivity contribution in [3.63, 3.8) is 0 Å². The fraction of sp³-hybridized carbons (Fsp3) is 0.310. The van der Waals surface area contributed by atoms with Gasteiger partial charge in [-0.05, 0) is 67.6 Å². The number of nitrogens with one attached hydrogen (secondary N) is 1. The Morgan fingerprint density at radius 1 is 1.00 bits per heavy atom. The van der Waals surface area contributed by atoms with Crippen LogP contribution in [0.5, 0.6) is 0 Å². The Labute approximate surface area is 214 Å². The summed E-state index contributed by atoms with van der Waals surface area (Å²) in [4.78, 5) is 46.7. The van der Waals surface area contributed by atoms with Gasteiger partial charge in [-0.2, -0.15) is 0 Å². The summed E-state index contributed by atoms with van der Waals surface area (Å²) in [5.41, 5.74) is 2.78. The van der Waals surface area contributed by atoms with Gasteiger partial charge in [0, 0.05) is 59.9 Å². The van der Waals surface area contributed by atoms with Crippen molar-refractivity contribution in [3.05, 3.63) is 78.1 Å². The third kappa shape index (κ3) is 3.75. The summed E-state index contributed by atoms with van der Waals surface area (Å²) in [6.07, 6.45) is 4.59. The number of hydrogen-bond donors (Lipinski definition) is 1. The van der Waals surface area contributed by atoms with Crippen LogP contribution in [0.25, 0.3) is 21.8 Å². The lowest BCUT2D eigenvalue weighted by Crippen LogP contribution is -2.54. The van der Waals surface area contributed by atoms with Crippen LogP contribution in [0.3, 0.4) is 0 Å². The summed E-state index contributed by atoms with van der Waals surface area (Å²) < 4.78 is 2.15. The molecule has 2 fully saturated rings. The van der Waals surface area contributed by atoms with E-state index < -0.39 is 5.54 Å².